The average molecular weight is 234 g/mol. The van der Waals surface area contributed by atoms with E-state index in [4.69, 9.17) is 0 Å². The van der Waals surface area contributed by atoms with Crippen molar-refractivity contribution in [2.24, 2.45) is 0 Å². The van der Waals surface area contributed by atoms with Crippen LogP contribution in [0, 0.1) is 0 Å². The van der Waals surface area contributed by atoms with Gasteiger partial charge in [-0.25, -0.2) is 0 Å². The predicted octanol–water partition coefficient (Wildman–Crippen LogP) is -0.920. The van der Waals surface area contributed by atoms with Crippen LogP contribution in [0.3, 0.4) is 0 Å². The van der Waals surface area contributed by atoms with Gasteiger partial charge in [0.25, 0.3) is 0 Å². The van der Waals surface area contributed by atoms with Gasteiger partial charge in [0.1, 0.15) is 0 Å². The van der Waals surface area contributed by atoms with Crippen LogP contribution in [0.2, 0.25) is 0 Å². The molecule has 0 atom stereocenters. The molecule has 3 heteroatoms. The van der Waals surface area contributed by atoms with Crippen LogP contribution in [0.1, 0.15) is 23.7 Å². The minimum Gasteiger partial charge on any atom is -1.00 e. The van der Waals surface area contributed by atoms with Gasteiger partial charge in [0.2, 0.25) is 0 Å². The van der Waals surface area contributed by atoms with Gasteiger partial charge in [-0.2, -0.15) is 0 Å². The maximum Gasteiger partial charge on any atom is 1.00 e. The summed E-state index contributed by atoms with van der Waals surface area (Å²) in [6.45, 7) is 0. The molecule has 0 unspecified atom stereocenters. The van der Waals surface area contributed by atoms with E-state index in [9.17, 15) is 9.59 Å². The van der Waals surface area contributed by atoms with E-state index in [0.717, 1.165) is 22.3 Å². The van der Waals surface area contributed by atoms with Gasteiger partial charge in [-0.15, -0.1) is 0 Å². The zero-order chi connectivity index (χ0) is 11.1. The monoisotopic (exact) mass is 234 g/mol. The summed E-state index contributed by atoms with van der Waals surface area (Å²) in [4.78, 5) is 22.6. The summed E-state index contributed by atoms with van der Waals surface area (Å²) in [6.07, 6.45) is 7.85. The van der Waals surface area contributed by atoms with Crippen LogP contribution in [0.5, 0.6) is 0 Å². The maximum absolute atomic E-state index is 11.3. The van der Waals surface area contributed by atoms with Crippen LogP contribution in [-0.4, -0.2) is 11.6 Å². The first-order valence-electron chi connectivity index (χ1n) is 5.30. The van der Waals surface area contributed by atoms with Crippen LogP contribution in [0.25, 0.3) is 12.2 Å². The summed E-state index contributed by atoms with van der Waals surface area (Å²) in [6, 6.07) is 4.05. The van der Waals surface area contributed by atoms with Crippen LogP contribution in [0.15, 0.2) is 24.3 Å². The number of carbonyl (C=O) groups is 2. The number of allylic oxidation sites excluding steroid dienone is 2. The Labute approximate surface area is 123 Å². The number of rotatable bonds is 0. The molecule has 1 aromatic carbocycles. The summed E-state index contributed by atoms with van der Waals surface area (Å²) in [5, 5.41) is 0. The van der Waals surface area contributed by atoms with Gasteiger partial charge < -0.3 is 1.43 Å². The molecule has 2 aliphatic carbocycles. The molecule has 0 fully saturated rings. The molecular formula is C14H11NaO2. The molecule has 0 bridgehead atoms. The van der Waals surface area contributed by atoms with E-state index in [2.05, 4.69) is 6.07 Å². The number of hydrogen-bond acceptors (Lipinski definition) is 2. The topological polar surface area (TPSA) is 34.1 Å². The Morgan fingerprint density at radius 1 is 0.765 bits per heavy atom. The van der Waals surface area contributed by atoms with E-state index in [1.54, 1.807) is 12.2 Å². The van der Waals surface area contributed by atoms with Crippen LogP contribution >= 0.6 is 0 Å². The van der Waals surface area contributed by atoms with Crippen molar-refractivity contribution in [1.82, 2.24) is 0 Å². The van der Waals surface area contributed by atoms with Crippen molar-refractivity contribution in [2.45, 2.75) is 12.8 Å². The molecule has 0 saturated heterocycles. The zero-order valence-corrected chi connectivity index (χ0v) is 11.7. The molecule has 0 spiro atoms. The smallest absolute Gasteiger partial charge is 1.00 e. The molecule has 80 valence electrons. The second-order valence-corrected chi connectivity index (χ2v) is 4.20. The number of carbonyl (C=O) groups excluding carboxylic acids is 2. The second kappa shape index (κ2) is 4.73. The fraction of sp³-hybridized carbons (Fsp3) is 0.143. The SMILES string of the molecule is O=C1C=Cc2cc3c(cc2C1)CC(=O)C=C3.[H-].[Na+]. The molecule has 0 saturated carbocycles. The van der Waals surface area contributed by atoms with E-state index in [-0.39, 0.29) is 42.6 Å². The largest absolute Gasteiger partial charge is 1.00 e. The number of ketones is 2. The number of benzene rings is 1. The molecule has 2 nitrogen and oxygen atoms in total. The van der Waals surface area contributed by atoms with Crippen molar-refractivity contribution in [2.75, 3.05) is 0 Å². The standard InChI is InChI=1S/C14H10O2.Na.H/c15-13-3-1-9-5-10-2-4-14(16)8-12(10)6-11(9)7-13;;/h1-6H,7-8H2;;/q;+1;-1. The van der Waals surface area contributed by atoms with Crippen molar-refractivity contribution >= 4 is 23.7 Å². The molecule has 0 radical (unpaired) electrons. The quantitative estimate of drug-likeness (QED) is 0.544. The van der Waals surface area contributed by atoms with E-state index in [1.165, 1.54) is 0 Å². The molecule has 0 amide bonds. The molecule has 0 aliphatic heterocycles. The third-order valence-corrected chi connectivity index (χ3v) is 3.03. The fourth-order valence-corrected chi connectivity index (χ4v) is 2.21. The summed E-state index contributed by atoms with van der Waals surface area (Å²) in [5.41, 5.74) is 4.26. The molecule has 0 aromatic heterocycles. The van der Waals surface area contributed by atoms with Crippen LogP contribution in [-0.2, 0) is 22.4 Å². The Bertz CT molecular complexity index is 526. The molecule has 17 heavy (non-hydrogen) atoms. The van der Waals surface area contributed by atoms with Gasteiger partial charge in [0, 0.05) is 12.8 Å². The van der Waals surface area contributed by atoms with E-state index in [1.807, 2.05) is 18.2 Å². The Kier molecular flexibility index (Phi) is 3.48. The first-order chi connectivity index (χ1) is 7.72. The van der Waals surface area contributed by atoms with E-state index >= 15 is 0 Å². The van der Waals surface area contributed by atoms with Crippen molar-refractivity contribution in [1.29, 1.82) is 0 Å². The van der Waals surface area contributed by atoms with E-state index < -0.39 is 0 Å². The van der Waals surface area contributed by atoms with Crippen molar-refractivity contribution in [3.63, 3.8) is 0 Å². The fourth-order valence-electron chi connectivity index (χ4n) is 2.21. The van der Waals surface area contributed by atoms with Gasteiger partial charge >= 0.3 is 29.6 Å². The Balaban J connectivity index is 0.000000810. The molecular weight excluding hydrogens is 223 g/mol. The third-order valence-electron chi connectivity index (χ3n) is 3.03. The second-order valence-electron chi connectivity index (χ2n) is 4.20. The molecule has 0 heterocycles. The summed E-state index contributed by atoms with van der Waals surface area (Å²) < 4.78 is 0. The summed E-state index contributed by atoms with van der Waals surface area (Å²) in [7, 11) is 0. The Hall–Kier alpha value is -0.960. The Morgan fingerprint density at radius 3 is 1.71 bits per heavy atom. The minimum atomic E-state index is 0. The summed E-state index contributed by atoms with van der Waals surface area (Å²) >= 11 is 0. The van der Waals surface area contributed by atoms with Crippen molar-refractivity contribution in [3.05, 3.63) is 46.5 Å². The van der Waals surface area contributed by atoms with Crippen molar-refractivity contribution in [3.8, 4) is 0 Å². The number of hydrogen-bond donors (Lipinski definition) is 0. The van der Waals surface area contributed by atoms with E-state index in [0.29, 0.717) is 12.8 Å². The van der Waals surface area contributed by atoms with Gasteiger partial charge in [-0.05, 0) is 40.5 Å². The molecule has 2 aliphatic rings. The van der Waals surface area contributed by atoms with Gasteiger partial charge in [0.05, 0.1) is 0 Å². The van der Waals surface area contributed by atoms with Gasteiger partial charge in [-0.1, -0.05) is 18.2 Å². The average Bonchev–Trinajstić information content (AvgIpc) is 2.26. The maximum atomic E-state index is 11.3. The minimum absolute atomic E-state index is 0. The number of fused-ring (bicyclic) bond motifs is 2. The van der Waals surface area contributed by atoms with Gasteiger partial charge in [-0.3, -0.25) is 9.59 Å². The third kappa shape index (κ3) is 2.34. The molecule has 1 aromatic rings. The van der Waals surface area contributed by atoms with Gasteiger partial charge in [0.15, 0.2) is 11.6 Å². The first-order valence-corrected chi connectivity index (χ1v) is 5.30. The Morgan fingerprint density at radius 2 is 1.24 bits per heavy atom. The zero-order valence-electron chi connectivity index (χ0n) is 10.7. The van der Waals surface area contributed by atoms with Crippen LogP contribution in [0.4, 0.5) is 0 Å². The van der Waals surface area contributed by atoms with Crippen LogP contribution < -0.4 is 29.6 Å². The summed E-state index contributed by atoms with van der Waals surface area (Å²) in [5.74, 6) is 0.259. The van der Waals surface area contributed by atoms with Crippen molar-refractivity contribution < 1.29 is 40.6 Å². The first kappa shape index (κ1) is 12.5. The normalized spacial score (nSPS) is 16.2. The predicted molar refractivity (Wildman–Crippen MR) is 63.0 cm³/mol. The molecule has 3 rings (SSSR count). The molecule has 0 N–H and O–H groups in total.